The van der Waals surface area contributed by atoms with Crippen molar-refractivity contribution in [3.05, 3.63) is 115 Å². The molecule has 2 aromatic carbocycles. The maximum atomic E-state index is 12.8. The van der Waals surface area contributed by atoms with Gasteiger partial charge in [-0.15, -0.1) is 0 Å². The van der Waals surface area contributed by atoms with Gasteiger partial charge in [0.1, 0.15) is 18.2 Å². The molecule has 6 N–H and O–H groups in total. The normalized spacial score (nSPS) is 19.1. The number of aliphatic hydroxyl groups is 1. The van der Waals surface area contributed by atoms with E-state index in [0.29, 0.717) is 11.1 Å². The molecule has 2 saturated heterocycles. The highest BCUT2D eigenvalue weighted by atomic mass is 16.7. The van der Waals surface area contributed by atoms with Crippen molar-refractivity contribution in [1.29, 1.82) is 0 Å². The number of carbonyl (C=O) groups excluding carboxylic acids is 1. The van der Waals surface area contributed by atoms with Gasteiger partial charge in [-0.1, -0.05) is 95.2 Å². The van der Waals surface area contributed by atoms with Gasteiger partial charge in [0.15, 0.2) is 25.0 Å². The molecule has 0 unspecified atom stereocenters. The molecule has 0 radical (unpaired) electrons. The van der Waals surface area contributed by atoms with Gasteiger partial charge < -0.3 is 45.4 Å². The van der Waals surface area contributed by atoms with E-state index in [2.05, 4.69) is 105 Å². The average Bonchev–Trinajstić information content (AvgIpc) is 3.86. The number of nitrogens with two attached hydrogens (primary N) is 2. The number of nitrogen functional groups attached to an aromatic ring is 2. The Morgan fingerprint density at radius 3 is 1.35 bits per heavy atom. The van der Waals surface area contributed by atoms with Crippen molar-refractivity contribution in [3.63, 3.8) is 0 Å². The second-order valence-corrected chi connectivity index (χ2v) is 19.5. The fourth-order valence-corrected chi connectivity index (χ4v) is 6.11. The van der Waals surface area contributed by atoms with Crippen LogP contribution in [0.15, 0.2) is 70.5 Å². The van der Waals surface area contributed by atoms with Crippen molar-refractivity contribution in [2.45, 2.75) is 130 Å². The molecule has 4 aromatic rings. The predicted molar refractivity (Wildman–Crippen MR) is 238 cm³/mol. The maximum absolute atomic E-state index is 12.8. The fourth-order valence-electron chi connectivity index (χ4n) is 6.11. The van der Waals surface area contributed by atoms with E-state index < -0.39 is 48.4 Å². The molecule has 2 fully saturated rings. The highest BCUT2D eigenvalue weighted by Crippen LogP contribution is 2.32. The van der Waals surface area contributed by atoms with Crippen molar-refractivity contribution in [2.75, 3.05) is 37.9 Å². The van der Waals surface area contributed by atoms with Crippen molar-refractivity contribution in [3.8, 4) is 0 Å². The third-order valence-electron chi connectivity index (χ3n) is 10.1. The van der Waals surface area contributed by atoms with Crippen LogP contribution in [0.25, 0.3) is 0 Å². The molecule has 0 saturated carbocycles. The lowest BCUT2D eigenvalue weighted by Crippen LogP contribution is -2.29. The van der Waals surface area contributed by atoms with Crippen LogP contribution < -0.4 is 22.8 Å². The fraction of sp³-hybridized carbons (Fsp3) is 0.522. The van der Waals surface area contributed by atoms with E-state index >= 15 is 0 Å². The first kappa shape index (κ1) is 50.2. The Morgan fingerprint density at radius 2 is 1.02 bits per heavy atom. The molecule has 6 rings (SSSR count). The molecular formula is C46H64N6O11. The summed E-state index contributed by atoms with van der Waals surface area (Å²) in [6.45, 7) is 25.3. The molecule has 0 spiro atoms. The van der Waals surface area contributed by atoms with Crippen LogP contribution in [0, 0.1) is 0 Å². The summed E-state index contributed by atoms with van der Waals surface area (Å²) in [7, 11) is 0. The van der Waals surface area contributed by atoms with Gasteiger partial charge in [0.2, 0.25) is 0 Å². The number of anilines is 2. The van der Waals surface area contributed by atoms with Crippen LogP contribution in [0.4, 0.5) is 11.6 Å². The lowest BCUT2D eigenvalue weighted by atomic mass is 9.79. The van der Waals surface area contributed by atoms with E-state index in [0.717, 1.165) is 22.3 Å². The molecule has 17 heteroatoms. The van der Waals surface area contributed by atoms with E-state index in [4.69, 9.17) is 45.4 Å². The van der Waals surface area contributed by atoms with Gasteiger partial charge in [-0.2, -0.15) is 9.97 Å². The monoisotopic (exact) mass is 876 g/mol. The summed E-state index contributed by atoms with van der Waals surface area (Å²) in [5.41, 5.74) is 14.7. The van der Waals surface area contributed by atoms with E-state index in [1.165, 1.54) is 33.7 Å². The summed E-state index contributed by atoms with van der Waals surface area (Å²) in [6, 6.07) is 14.6. The SMILES string of the molecule is CC(C)(C)c1cc(C(=O)O)cc(C(C)(C)C)c1.CC(C)(C)c1cc(C(=O)OC[C@H]2OC[C@@H](n3ccc(N)nc3=O)O2)cc(C(C)(C)C)c1.Nc1ccn([C@@H]2CO[C@H](CO)O2)c(=O)n1. The lowest BCUT2D eigenvalue weighted by Gasteiger charge is -2.26. The third kappa shape index (κ3) is 14.0. The Morgan fingerprint density at radius 1 is 0.651 bits per heavy atom. The summed E-state index contributed by atoms with van der Waals surface area (Å²) in [5, 5.41) is 17.9. The Hall–Kier alpha value is -5.46. The van der Waals surface area contributed by atoms with Crippen molar-refractivity contribution < 1.29 is 43.5 Å². The highest BCUT2D eigenvalue weighted by molar-refractivity contribution is 5.90. The van der Waals surface area contributed by atoms with Crippen LogP contribution in [0.2, 0.25) is 0 Å². The van der Waals surface area contributed by atoms with Crippen molar-refractivity contribution in [1.82, 2.24) is 19.1 Å². The van der Waals surface area contributed by atoms with Gasteiger partial charge in [-0.25, -0.2) is 19.2 Å². The van der Waals surface area contributed by atoms with Gasteiger partial charge in [0.25, 0.3) is 0 Å². The second-order valence-electron chi connectivity index (χ2n) is 19.5. The highest BCUT2D eigenvalue weighted by Gasteiger charge is 2.31. The summed E-state index contributed by atoms with van der Waals surface area (Å²) >= 11 is 0. The summed E-state index contributed by atoms with van der Waals surface area (Å²) in [5.74, 6) is -1.01. The van der Waals surface area contributed by atoms with E-state index in [9.17, 15) is 19.2 Å². The van der Waals surface area contributed by atoms with Gasteiger partial charge in [-0.05, 0) is 80.3 Å². The zero-order chi connectivity index (χ0) is 47.2. The number of aromatic carboxylic acids is 1. The summed E-state index contributed by atoms with van der Waals surface area (Å²) in [4.78, 5) is 54.5. The van der Waals surface area contributed by atoms with Gasteiger partial charge in [0, 0.05) is 12.4 Å². The molecule has 4 heterocycles. The first-order valence-electron chi connectivity index (χ1n) is 20.6. The molecule has 63 heavy (non-hydrogen) atoms. The number of aromatic nitrogens is 4. The minimum absolute atomic E-state index is 0.0362. The topological polar surface area (TPSA) is 243 Å². The molecule has 0 bridgehead atoms. The smallest absolute Gasteiger partial charge is 0.351 e. The number of carboxylic acid groups (broad SMARTS) is 1. The number of hydrogen-bond donors (Lipinski definition) is 4. The van der Waals surface area contributed by atoms with Gasteiger partial charge in [0.05, 0.1) is 30.9 Å². The number of benzene rings is 2. The summed E-state index contributed by atoms with van der Waals surface area (Å²) in [6.07, 6.45) is 0.326. The molecule has 4 atom stereocenters. The Kier molecular flexibility index (Phi) is 15.9. The molecule has 2 aliphatic heterocycles. The standard InChI is InChI=1S/C23H31N3O5.C15H22O2.C8H11N3O4/c1-22(2,3)15-9-14(10-16(11-15)23(4,5)6)20(27)30-13-19-29-12-18(31-19)26-8-7-17(24)25-21(26)28;1-14(2,3)11-7-10(13(16)17)8-12(9-11)15(4,5)6;9-5-1-2-11(8(13)10-5)6-4-14-7(3-12)15-6/h7-11,18-19H,12-13H2,1-6H3,(H2,24,25,28);7-9H,1-6H3,(H,16,17);1-2,6-7,12H,3-4H2,(H2,9,10,13)/t18-,19-;;6-,7-/m0.0/s1. The van der Waals surface area contributed by atoms with Crippen LogP contribution in [-0.4, -0.2) is 80.3 Å². The Bertz CT molecular complexity index is 2280. The minimum atomic E-state index is -0.860. The number of hydrogen-bond acceptors (Lipinski definition) is 14. The number of ether oxygens (including phenoxy) is 5. The van der Waals surface area contributed by atoms with E-state index in [1.54, 1.807) is 12.1 Å². The first-order chi connectivity index (χ1) is 29.1. The largest absolute Gasteiger partial charge is 0.478 e. The van der Waals surface area contributed by atoms with Crippen LogP contribution in [0.1, 0.15) is 139 Å². The molecule has 2 aliphatic rings. The van der Waals surface area contributed by atoms with Crippen LogP contribution in [0.5, 0.6) is 0 Å². The van der Waals surface area contributed by atoms with Crippen LogP contribution >= 0.6 is 0 Å². The summed E-state index contributed by atoms with van der Waals surface area (Å²) < 4.78 is 29.5. The quantitative estimate of drug-likeness (QED) is 0.160. The van der Waals surface area contributed by atoms with E-state index in [-0.39, 0.29) is 59.7 Å². The number of aliphatic hydroxyl groups excluding tert-OH is 1. The number of carbonyl (C=O) groups is 2. The van der Waals surface area contributed by atoms with Gasteiger partial charge >= 0.3 is 23.3 Å². The Labute approximate surface area is 368 Å². The van der Waals surface area contributed by atoms with Crippen molar-refractivity contribution >= 4 is 23.6 Å². The second kappa shape index (κ2) is 19.9. The van der Waals surface area contributed by atoms with Crippen LogP contribution in [0.3, 0.4) is 0 Å². The number of esters is 1. The molecule has 0 aliphatic carbocycles. The molecule has 344 valence electrons. The lowest BCUT2D eigenvalue weighted by molar-refractivity contribution is -0.103. The first-order valence-corrected chi connectivity index (χ1v) is 20.6. The maximum Gasteiger partial charge on any atom is 0.351 e. The minimum Gasteiger partial charge on any atom is -0.478 e. The molecule has 2 aromatic heterocycles. The average molecular weight is 877 g/mol. The number of nitrogens with zero attached hydrogens (tertiary/aromatic N) is 4. The third-order valence-corrected chi connectivity index (χ3v) is 10.1. The van der Waals surface area contributed by atoms with Gasteiger partial charge in [-0.3, -0.25) is 9.13 Å². The zero-order valence-corrected chi connectivity index (χ0v) is 38.4. The van der Waals surface area contributed by atoms with E-state index in [1.807, 2.05) is 12.1 Å². The molecule has 0 amide bonds. The zero-order valence-electron chi connectivity index (χ0n) is 38.4. The number of carboxylic acids is 1. The molecular weight excluding hydrogens is 813 g/mol. The molecule has 17 nitrogen and oxygen atoms in total. The number of rotatable bonds is 7. The van der Waals surface area contributed by atoms with Crippen LogP contribution in [-0.2, 0) is 45.3 Å². The van der Waals surface area contributed by atoms with Crippen molar-refractivity contribution in [2.24, 2.45) is 0 Å². The predicted octanol–water partition coefficient (Wildman–Crippen LogP) is 5.82. The Balaban J connectivity index is 0.000000229.